The van der Waals surface area contributed by atoms with Crippen LogP contribution in [0, 0.1) is 6.92 Å². The highest BCUT2D eigenvalue weighted by Crippen LogP contribution is 2.21. The van der Waals surface area contributed by atoms with Crippen LogP contribution in [0.3, 0.4) is 0 Å². The third-order valence-electron chi connectivity index (χ3n) is 4.68. The van der Waals surface area contributed by atoms with Crippen molar-refractivity contribution in [3.05, 3.63) is 94.8 Å². The van der Waals surface area contributed by atoms with E-state index in [0.717, 1.165) is 46.2 Å². The standard InChI is InChI=1S/C23H21ClN2O/c1-17-6-2-5-9-22(17)27-15-14-26-21-8-4-3-7-20(21)25-23(26)16-18-10-12-19(24)13-11-18/h2-13H,14-16H2,1H3. The van der Waals surface area contributed by atoms with E-state index in [1.165, 1.54) is 5.56 Å². The molecule has 0 unspecified atom stereocenters. The van der Waals surface area contributed by atoms with E-state index in [4.69, 9.17) is 21.3 Å². The molecular formula is C23H21ClN2O. The lowest BCUT2D eigenvalue weighted by atomic mass is 10.1. The largest absolute Gasteiger partial charge is 0.491 e. The van der Waals surface area contributed by atoms with Gasteiger partial charge in [-0.2, -0.15) is 0 Å². The first-order chi connectivity index (χ1) is 13.2. The molecule has 0 aliphatic rings. The summed E-state index contributed by atoms with van der Waals surface area (Å²) in [6.45, 7) is 3.41. The van der Waals surface area contributed by atoms with Gasteiger partial charge in [0, 0.05) is 11.4 Å². The smallest absolute Gasteiger partial charge is 0.122 e. The van der Waals surface area contributed by atoms with Gasteiger partial charge in [0.05, 0.1) is 17.6 Å². The van der Waals surface area contributed by atoms with Gasteiger partial charge >= 0.3 is 0 Å². The van der Waals surface area contributed by atoms with Crippen molar-refractivity contribution in [2.45, 2.75) is 19.9 Å². The molecule has 0 radical (unpaired) electrons. The Kier molecular flexibility index (Phi) is 5.12. The summed E-state index contributed by atoms with van der Waals surface area (Å²) in [6, 6.07) is 24.3. The fourth-order valence-electron chi connectivity index (χ4n) is 3.26. The van der Waals surface area contributed by atoms with Crippen molar-refractivity contribution < 1.29 is 4.74 Å². The number of imidazole rings is 1. The normalized spacial score (nSPS) is 11.0. The quantitative estimate of drug-likeness (QED) is 0.433. The summed E-state index contributed by atoms with van der Waals surface area (Å²) in [5, 5.41) is 0.749. The molecule has 3 nitrogen and oxygen atoms in total. The van der Waals surface area contributed by atoms with Crippen molar-refractivity contribution >= 4 is 22.6 Å². The van der Waals surface area contributed by atoms with Gasteiger partial charge in [-0.3, -0.25) is 0 Å². The zero-order chi connectivity index (χ0) is 18.6. The summed E-state index contributed by atoms with van der Waals surface area (Å²) < 4.78 is 8.27. The summed E-state index contributed by atoms with van der Waals surface area (Å²) >= 11 is 6.01. The van der Waals surface area contributed by atoms with Crippen molar-refractivity contribution in [1.82, 2.24) is 9.55 Å². The fraction of sp³-hybridized carbons (Fsp3) is 0.174. The Morgan fingerprint density at radius 3 is 2.48 bits per heavy atom. The molecular weight excluding hydrogens is 356 g/mol. The highest BCUT2D eigenvalue weighted by atomic mass is 35.5. The van der Waals surface area contributed by atoms with E-state index in [-0.39, 0.29) is 0 Å². The Morgan fingerprint density at radius 1 is 0.926 bits per heavy atom. The second-order valence-corrected chi connectivity index (χ2v) is 7.02. The molecule has 0 amide bonds. The molecule has 0 spiro atoms. The van der Waals surface area contributed by atoms with Crippen molar-refractivity contribution in [3.63, 3.8) is 0 Å². The molecule has 4 rings (SSSR count). The van der Waals surface area contributed by atoms with E-state index < -0.39 is 0 Å². The van der Waals surface area contributed by atoms with Crippen LogP contribution in [0.1, 0.15) is 17.0 Å². The second-order valence-electron chi connectivity index (χ2n) is 6.59. The number of benzene rings is 3. The summed E-state index contributed by atoms with van der Waals surface area (Å²) in [4.78, 5) is 4.85. The monoisotopic (exact) mass is 376 g/mol. The van der Waals surface area contributed by atoms with Crippen LogP contribution in [-0.4, -0.2) is 16.2 Å². The van der Waals surface area contributed by atoms with Crippen LogP contribution in [0.15, 0.2) is 72.8 Å². The summed E-state index contributed by atoms with van der Waals surface area (Å²) in [5.74, 6) is 1.97. The lowest BCUT2D eigenvalue weighted by molar-refractivity contribution is 0.296. The van der Waals surface area contributed by atoms with Crippen LogP contribution in [0.4, 0.5) is 0 Å². The maximum atomic E-state index is 6.01. The maximum Gasteiger partial charge on any atom is 0.122 e. The third kappa shape index (κ3) is 3.99. The number of fused-ring (bicyclic) bond motifs is 1. The minimum absolute atomic E-state index is 0.596. The van der Waals surface area contributed by atoms with Crippen LogP contribution in [0.25, 0.3) is 11.0 Å². The van der Waals surface area contributed by atoms with Crippen LogP contribution >= 0.6 is 11.6 Å². The second kappa shape index (κ2) is 7.85. The zero-order valence-corrected chi connectivity index (χ0v) is 16.0. The van der Waals surface area contributed by atoms with E-state index in [1.54, 1.807) is 0 Å². The Balaban J connectivity index is 1.58. The summed E-state index contributed by atoms with van der Waals surface area (Å²) in [6.07, 6.45) is 0.760. The Labute approximate surface area is 164 Å². The van der Waals surface area contributed by atoms with Crippen LogP contribution in [0.5, 0.6) is 5.75 Å². The number of aryl methyl sites for hydroxylation is 1. The number of hydrogen-bond donors (Lipinski definition) is 0. The van der Waals surface area contributed by atoms with E-state index in [9.17, 15) is 0 Å². The van der Waals surface area contributed by atoms with Gasteiger partial charge in [0.15, 0.2) is 0 Å². The molecule has 1 aromatic heterocycles. The maximum absolute atomic E-state index is 6.01. The highest BCUT2D eigenvalue weighted by Gasteiger charge is 2.11. The van der Waals surface area contributed by atoms with Gasteiger partial charge in [-0.1, -0.05) is 54.1 Å². The molecule has 136 valence electrons. The minimum atomic E-state index is 0.596. The first-order valence-electron chi connectivity index (χ1n) is 9.08. The topological polar surface area (TPSA) is 27.1 Å². The fourth-order valence-corrected chi connectivity index (χ4v) is 3.39. The molecule has 0 fully saturated rings. The van der Waals surface area contributed by atoms with Gasteiger partial charge in [-0.25, -0.2) is 4.98 Å². The predicted molar refractivity (Wildman–Crippen MR) is 111 cm³/mol. The molecule has 0 aliphatic heterocycles. The molecule has 4 heteroatoms. The van der Waals surface area contributed by atoms with Gasteiger partial charge in [-0.15, -0.1) is 0 Å². The molecule has 0 atom stereocenters. The number of hydrogen-bond acceptors (Lipinski definition) is 2. The molecule has 1 heterocycles. The molecule has 3 aromatic carbocycles. The molecule has 0 bridgehead atoms. The molecule has 27 heavy (non-hydrogen) atoms. The third-order valence-corrected chi connectivity index (χ3v) is 4.93. The highest BCUT2D eigenvalue weighted by molar-refractivity contribution is 6.30. The number of halogens is 1. The number of ether oxygens (including phenoxy) is 1. The van der Waals surface area contributed by atoms with Crippen LogP contribution in [-0.2, 0) is 13.0 Å². The predicted octanol–water partition coefficient (Wildman–Crippen LogP) is 5.67. The zero-order valence-electron chi connectivity index (χ0n) is 15.2. The molecule has 4 aromatic rings. The first kappa shape index (κ1) is 17.6. The molecule has 0 saturated heterocycles. The van der Waals surface area contributed by atoms with Gasteiger partial charge in [0.25, 0.3) is 0 Å². The molecule has 0 saturated carbocycles. The van der Waals surface area contributed by atoms with Crippen LogP contribution in [0.2, 0.25) is 5.02 Å². The van der Waals surface area contributed by atoms with Crippen LogP contribution < -0.4 is 4.74 Å². The number of aromatic nitrogens is 2. The minimum Gasteiger partial charge on any atom is -0.491 e. The first-order valence-corrected chi connectivity index (χ1v) is 9.45. The Hall–Kier alpha value is -2.78. The average molecular weight is 377 g/mol. The SMILES string of the molecule is Cc1ccccc1OCCn1c(Cc2ccc(Cl)cc2)nc2ccccc21. The number of nitrogens with zero attached hydrogens (tertiary/aromatic N) is 2. The number of rotatable bonds is 6. The Morgan fingerprint density at radius 2 is 1.67 bits per heavy atom. The Bertz CT molecular complexity index is 1050. The van der Waals surface area contributed by atoms with Gasteiger partial charge in [-0.05, 0) is 48.4 Å². The van der Waals surface area contributed by atoms with E-state index in [1.807, 2.05) is 36.4 Å². The lowest BCUT2D eigenvalue weighted by Gasteiger charge is -2.12. The van der Waals surface area contributed by atoms with Gasteiger partial charge < -0.3 is 9.30 Å². The van der Waals surface area contributed by atoms with Crippen molar-refractivity contribution in [2.75, 3.05) is 6.61 Å². The van der Waals surface area contributed by atoms with Crippen molar-refractivity contribution in [1.29, 1.82) is 0 Å². The summed E-state index contributed by atoms with van der Waals surface area (Å²) in [5.41, 5.74) is 4.48. The van der Waals surface area contributed by atoms with Gasteiger partial charge in [0.2, 0.25) is 0 Å². The molecule has 0 N–H and O–H groups in total. The van der Waals surface area contributed by atoms with E-state index >= 15 is 0 Å². The van der Waals surface area contributed by atoms with E-state index in [2.05, 4.69) is 47.9 Å². The molecule has 0 aliphatic carbocycles. The average Bonchev–Trinajstić information content (AvgIpc) is 3.02. The van der Waals surface area contributed by atoms with Crippen molar-refractivity contribution in [2.24, 2.45) is 0 Å². The van der Waals surface area contributed by atoms with Crippen molar-refractivity contribution in [3.8, 4) is 5.75 Å². The number of para-hydroxylation sites is 3. The van der Waals surface area contributed by atoms with E-state index in [0.29, 0.717) is 6.61 Å². The van der Waals surface area contributed by atoms with Gasteiger partial charge in [0.1, 0.15) is 18.2 Å². The lowest BCUT2D eigenvalue weighted by Crippen LogP contribution is -2.12. The summed E-state index contributed by atoms with van der Waals surface area (Å²) in [7, 11) is 0.